The molecule has 2 amide bonds. The summed E-state index contributed by atoms with van der Waals surface area (Å²) < 4.78 is 5.28. The summed E-state index contributed by atoms with van der Waals surface area (Å²) in [5.41, 5.74) is 1.25. The van der Waals surface area contributed by atoms with E-state index in [9.17, 15) is 9.59 Å². The summed E-state index contributed by atoms with van der Waals surface area (Å²) in [5, 5.41) is 6.27. The molecule has 6 heteroatoms. The number of carbonyl (C=O) groups excluding carboxylic acids is 2. The average Bonchev–Trinajstić information content (AvgIpc) is 2.95. The molecule has 2 rings (SSSR count). The minimum atomic E-state index is -0.657. The van der Waals surface area contributed by atoms with E-state index < -0.39 is 17.6 Å². The number of alkyl carbamates (subject to hydrolysis) is 1. The smallest absolute Gasteiger partial charge is 0.407 e. The highest BCUT2D eigenvalue weighted by atomic mass is 16.5. The first-order valence-corrected chi connectivity index (χ1v) is 8.04. The van der Waals surface area contributed by atoms with Crippen LogP contribution in [0.4, 0.5) is 4.79 Å². The highest BCUT2D eigenvalue weighted by molar-refractivity contribution is 5.92. The molecule has 1 heterocycles. The Kier molecular flexibility index (Phi) is 5.71. The fourth-order valence-corrected chi connectivity index (χ4v) is 2.45. The first kappa shape index (κ1) is 18.4. The molecular formula is C19H23N3O3. The van der Waals surface area contributed by atoms with Gasteiger partial charge < -0.3 is 20.4 Å². The van der Waals surface area contributed by atoms with Crippen molar-refractivity contribution in [2.45, 2.75) is 32.2 Å². The summed E-state index contributed by atoms with van der Waals surface area (Å²) in [5.74, 6) is 1.43. The number of para-hydroxylation sites is 1. The van der Waals surface area contributed by atoms with E-state index in [0.717, 1.165) is 16.5 Å². The Hall–Kier alpha value is -2.94. The topological polar surface area (TPSA) is 83.2 Å². The van der Waals surface area contributed by atoms with Gasteiger partial charge in [0.1, 0.15) is 6.61 Å². The lowest BCUT2D eigenvalue weighted by Gasteiger charge is -2.21. The van der Waals surface area contributed by atoms with Gasteiger partial charge in [0.25, 0.3) is 0 Å². The van der Waals surface area contributed by atoms with E-state index in [1.165, 1.54) is 0 Å². The van der Waals surface area contributed by atoms with Crippen molar-refractivity contribution in [3.05, 3.63) is 36.0 Å². The first-order chi connectivity index (χ1) is 11.8. The molecule has 0 spiro atoms. The van der Waals surface area contributed by atoms with Crippen molar-refractivity contribution in [3.63, 3.8) is 0 Å². The van der Waals surface area contributed by atoms with Gasteiger partial charge in [0.05, 0.1) is 12.5 Å². The quantitative estimate of drug-likeness (QED) is 0.731. The second kappa shape index (κ2) is 7.75. The minimum Gasteiger partial charge on any atom is -0.448 e. The van der Waals surface area contributed by atoms with Gasteiger partial charge in [-0.1, -0.05) is 24.1 Å². The number of H-pyrrole nitrogens is 1. The van der Waals surface area contributed by atoms with E-state index in [0.29, 0.717) is 0 Å². The van der Waals surface area contributed by atoms with Crippen molar-refractivity contribution in [3.8, 4) is 12.3 Å². The summed E-state index contributed by atoms with van der Waals surface area (Å²) in [7, 11) is 0. The molecule has 0 unspecified atom stereocenters. The van der Waals surface area contributed by atoms with Crippen molar-refractivity contribution in [2.24, 2.45) is 0 Å². The van der Waals surface area contributed by atoms with Gasteiger partial charge in [-0.15, -0.1) is 6.42 Å². The normalized spacial score (nSPS) is 12.2. The van der Waals surface area contributed by atoms with Crippen molar-refractivity contribution < 1.29 is 14.3 Å². The van der Waals surface area contributed by atoms with Gasteiger partial charge in [-0.25, -0.2) is 4.79 Å². The third kappa shape index (κ3) is 5.01. The zero-order valence-corrected chi connectivity index (χ0v) is 14.7. The number of aromatic nitrogens is 1. The molecule has 0 aliphatic heterocycles. The Balaban J connectivity index is 2.20. The molecule has 3 N–H and O–H groups in total. The van der Waals surface area contributed by atoms with E-state index in [2.05, 4.69) is 21.5 Å². The standard InChI is InChI=1S/C19H23N3O3/c1-5-10-20-17(23)15(12-25-18(24)22-19(2,3)4)14-11-21-16-9-7-6-8-13(14)16/h1,6-9,11,15,21H,10,12H2,2-4H3,(H,20,23)(H,22,24)/t15-/m1/s1. The molecule has 6 nitrogen and oxygen atoms in total. The number of terminal acetylenes is 1. The number of rotatable bonds is 5. The zero-order valence-electron chi connectivity index (χ0n) is 14.7. The van der Waals surface area contributed by atoms with Crippen LogP contribution in [0.15, 0.2) is 30.5 Å². The Morgan fingerprint density at radius 3 is 2.72 bits per heavy atom. The summed E-state index contributed by atoms with van der Waals surface area (Å²) >= 11 is 0. The number of nitrogens with one attached hydrogen (secondary N) is 3. The van der Waals surface area contributed by atoms with Gasteiger partial charge in [-0.3, -0.25) is 4.79 Å². The van der Waals surface area contributed by atoms with Crippen LogP contribution < -0.4 is 10.6 Å². The number of fused-ring (bicyclic) bond motifs is 1. The maximum atomic E-state index is 12.5. The monoisotopic (exact) mass is 341 g/mol. The van der Waals surface area contributed by atoms with Crippen LogP contribution in [0.1, 0.15) is 32.3 Å². The van der Waals surface area contributed by atoms with Crippen molar-refractivity contribution in [2.75, 3.05) is 13.2 Å². The van der Waals surface area contributed by atoms with Crippen molar-refractivity contribution in [1.29, 1.82) is 0 Å². The third-order valence-electron chi connectivity index (χ3n) is 3.54. The van der Waals surface area contributed by atoms with Crippen LogP contribution in [-0.2, 0) is 9.53 Å². The maximum Gasteiger partial charge on any atom is 0.407 e. The lowest BCUT2D eigenvalue weighted by Crippen LogP contribution is -2.42. The molecule has 2 aromatic rings. The van der Waals surface area contributed by atoms with Crippen LogP contribution in [0.2, 0.25) is 0 Å². The number of benzene rings is 1. The Morgan fingerprint density at radius 1 is 1.32 bits per heavy atom. The number of carbonyl (C=O) groups is 2. The lowest BCUT2D eigenvalue weighted by atomic mass is 9.98. The number of ether oxygens (including phenoxy) is 1. The Morgan fingerprint density at radius 2 is 2.04 bits per heavy atom. The van der Waals surface area contributed by atoms with Crippen LogP contribution in [0.5, 0.6) is 0 Å². The molecule has 0 radical (unpaired) electrons. The fraction of sp³-hybridized carbons (Fsp3) is 0.368. The zero-order chi connectivity index (χ0) is 18.4. The largest absolute Gasteiger partial charge is 0.448 e. The second-order valence-electron chi connectivity index (χ2n) is 6.74. The van der Waals surface area contributed by atoms with Crippen LogP contribution >= 0.6 is 0 Å². The molecule has 0 aliphatic carbocycles. The third-order valence-corrected chi connectivity index (χ3v) is 3.54. The van der Waals surface area contributed by atoms with Gasteiger partial charge in [0.15, 0.2) is 0 Å². The van der Waals surface area contributed by atoms with Crippen LogP contribution in [0, 0.1) is 12.3 Å². The minimum absolute atomic E-state index is 0.0832. The molecular weight excluding hydrogens is 318 g/mol. The molecule has 132 valence electrons. The van der Waals surface area contributed by atoms with Crippen LogP contribution in [0.3, 0.4) is 0 Å². The van der Waals surface area contributed by atoms with Gasteiger partial charge in [-0.05, 0) is 32.4 Å². The van der Waals surface area contributed by atoms with Crippen molar-refractivity contribution in [1.82, 2.24) is 15.6 Å². The number of hydrogen-bond donors (Lipinski definition) is 3. The predicted molar refractivity (Wildman–Crippen MR) is 97.1 cm³/mol. The predicted octanol–water partition coefficient (Wildman–Crippen LogP) is 2.53. The highest BCUT2D eigenvalue weighted by Gasteiger charge is 2.26. The molecule has 25 heavy (non-hydrogen) atoms. The SMILES string of the molecule is C#CCNC(=O)[C@H](COC(=O)NC(C)(C)C)c1c[nH]c2ccccc12. The summed E-state index contributed by atoms with van der Waals surface area (Å²) in [6.07, 6.45) is 6.40. The van der Waals surface area contributed by atoms with Gasteiger partial charge in [0, 0.05) is 22.6 Å². The van der Waals surface area contributed by atoms with Gasteiger partial charge in [-0.2, -0.15) is 0 Å². The molecule has 1 atom stereocenters. The average molecular weight is 341 g/mol. The molecule has 0 saturated heterocycles. The van der Waals surface area contributed by atoms with E-state index in [1.54, 1.807) is 6.20 Å². The van der Waals surface area contributed by atoms with Gasteiger partial charge >= 0.3 is 6.09 Å². The van der Waals surface area contributed by atoms with Crippen molar-refractivity contribution >= 4 is 22.9 Å². The number of aromatic amines is 1. The van der Waals surface area contributed by atoms with E-state index in [-0.39, 0.29) is 19.1 Å². The number of amides is 2. The molecule has 1 aromatic heterocycles. The van der Waals surface area contributed by atoms with Crippen LogP contribution in [-0.4, -0.2) is 35.7 Å². The lowest BCUT2D eigenvalue weighted by molar-refractivity contribution is -0.123. The second-order valence-corrected chi connectivity index (χ2v) is 6.74. The van der Waals surface area contributed by atoms with E-state index in [1.807, 2.05) is 45.0 Å². The van der Waals surface area contributed by atoms with Gasteiger partial charge in [0.2, 0.25) is 5.91 Å². The molecule has 0 fully saturated rings. The maximum absolute atomic E-state index is 12.5. The molecule has 1 aromatic carbocycles. The van der Waals surface area contributed by atoms with Crippen LogP contribution in [0.25, 0.3) is 10.9 Å². The molecule has 0 saturated carbocycles. The molecule has 0 aliphatic rings. The summed E-state index contributed by atoms with van der Waals surface area (Å²) in [6.45, 7) is 5.59. The Bertz CT molecular complexity index is 796. The summed E-state index contributed by atoms with van der Waals surface area (Å²) in [6, 6.07) is 7.63. The fourth-order valence-electron chi connectivity index (χ4n) is 2.45. The molecule has 0 bridgehead atoms. The first-order valence-electron chi connectivity index (χ1n) is 8.04. The summed E-state index contributed by atoms with van der Waals surface area (Å²) in [4.78, 5) is 27.6. The van der Waals surface area contributed by atoms with E-state index in [4.69, 9.17) is 11.2 Å². The highest BCUT2D eigenvalue weighted by Crippen LogP contribution is 2.26. The Labute approximate surface area is 147 Å². The van der Waals surface area contributed by atoms with E-state index >= 15 is 0 Å². The number of hydrogen-bond acceptors (Lipinski definition) is 3.